The van der Waals surface area contributed by atoms with Crippen LogP contribution in [-0.4, -0.2) is 85.0 Å². The van der Waals surface area contributed by atoms with Gasteiger partial charge in [0.05, 0.1) is 26.2 Å². The Morgan fingerprint density at radius 1 is 0.839 bits per heavy atom. The molecule has 0 bridgehead atoms. The molecule has 6 rings (SSSR count). The molecule has 4 aromatic rings. The van der Waals surface area contributed by atoms with Crippen molar-refractivity contribution < 1.29 is 38.2 Å². The molecule has 2 aliphatic rings. The summed E-state index contributed by atoms with van der Waals surface area (Å²) in [6.45, 7) is 7.12. The minimum atomic E-state index is -1.02. The summed E-state index contributed by atoms with van der Waals surface area (Å²) in [5, 5.41) is 2.89. The molecule has 11 heteroatoms. The van der Waals surface area contributed by atoms with Crippen LogP contribution < -0.4 is 10.1 Å². The fourth-order valence-corrected chi connectivity index (χ4v) is 8.72. The number of nitrogens with zero attached hydrogens (tertiary/aromatic N) is 2. The van der Waals surface area contributed by atoms with Crippen LogP contribution in [0.2, 0.25) is 0 Å². The molecule has 0 aromatic heterocycles. The number of unbranched alkanes of at least 4 members (excludes halogenated alkanes) is 1. The fourth-order valence-electron chi connectivity index (χ4n) is 8.72. The van der Waals surface area contributed by atoms with Crippen molar-refractivity contribution in [1.29, 1.82) is 0 Å². The van der Waals surface area contributed by atoms with Gasteiger partial charge < -0.3 is 29.3 Å². The number of hydrogen-bond donors (Lipinski definition) is 1. The van der Waals surface area contributed by atoms with E-state index in [0.29, 0.717) is 51.1 Å². The Hall–Kier alpha value is -6.23. The van der Waals surface area contributed by atoms with E-state index in [1.54, 1.807) is 16.9 Å². The van der Waals surface area contributed by atoms with Crippen LogP contribution >= 0.6 is 0 Å². The molecule has 4 aromatic carbocycles. The molecule has 0 spiro atoms. The Morgan fingerprint density at radius 3 is 2.13 bits per heavy atom. The van der Waals surface area contributed by atoms with E-state index in [4.69, 9.17) is 14.2 Å². The average Bonchev–Trinajstić information content (AvgIpc) is 3.85. The first-order chi connectivity index (χ1) is 30.0. The second-order valence-electron chi connectivity index (χ2n) is 16.4. The van der Waals surface area contributed by atoms with E-state index in [-0.39, 0.29) is 55.8 Å². The SMILES string of the molecule is C=CCCCN(Cc1ccc(CCCC(=O)[C@]2(C)CCCN2C(=O)[C@H](Cc2ccc(OC)cc2)NC(=O)OCC2c3ccccc3-c3ccccc32)cc1)C(=O)CCC(=O)OC. The molecule has 1 aliphatic heterocycles. The monoisotopic (exact) mass is 841 g/mol. The van der Waals surface area contributed by atoms with Crippen molar-refractivity contribution in [3.63, 3.8) is 0 Å². The van der Waals surface area contributed by atoms with E-state index in [2.05, 4.69) is 36.2 Å². The van der Waals surface area contributed by atoms with Gasteiger partial charge in [-0.2, -0.15) is 0 Å². The standard InChI is InChI=1S/C51H59N3O8/c1-5-6-11-31-53(47(56)28-29-48(57)61-4)34-38-22-20-36(21-23-38)14-12-19-46(55)51(2)30-13-32-54(51)49(58)45(33-37-24-26-39(60-3)27-25-37)52-50(59)62-35-44-42-17-9-7-15-40(42)41-16-8-10-18-43(41)44/h5,7-10,15-18,20-27,44-45H,1,6,11-14,19,28-35H2,2-4H3,(H,52,59)/t45-,51-/m0/s1. The number of aryl methyl sites for hydroxylation is 1. The van der Waals surface area contributed by atoms with Crippen molar-refractivity contribution >= 4 is 29.7 Å². The van der Waals surface area contributed by atoms with Crippen molar-refractivity contribution in [2.45, 2.75) is 95.2 Å². The number of amides is 3. The molecule has 1 N–H and O–H groups in total. The van der Waals surface area contributed by atoms with E-state index in [0.717, 1.165) is 51.8 Å². The van der Waals surface area contributed by atoms with Gasteiger partial charge in [0.25, 0.3) is 0 Å². The minimum absolute atomic E-state index is 0.00931. The molecule has 326 valence electrons. The zero-order chi connectivity index (χ0) is 44.1. The number of ether oxygens (including phenoxy) is 3. The lowest BCUT2D eigenvalue weighted by Crippen LogP contribution is -2.57. The van der Waals surface area contributed by atoms with Crippen LogP contribution in [0.1, 0.15) is 92.0 Å². The molecule has 11 nitrogen and oxygen atoms in total. The average molecular weight is 842 g/mol. The third kappa shape index (κ3) is 11.2. The molecule has 62 heavy (non-hydrogen) atoms. The second kappa shape index (κ2) is 21.5. The Balaban J connectivity index is 1.07. The predicted octanol–water partition coefficient (Wildman–Crippen LogP) is 8.37. The quantitative estimate of drug-likeness (QED) is 0.0503. The largest absolute Gasteiger partial charge is 0.497 e. The first kappa shape index (κ1) is 45.3. The van der Waals surface area contributed by atoms with E-state index >= 15 is 0 Å². The Morgan fingerprint density at radius 2 is 1.48 bits per heavy atom. The molecule has 1 aliphatic carbocycles. The number of carbonyl (C=O) groups is 5. The van der Waals surface area contributed by atoms with Crippen LogP contribution in [0.15, 0.2) is 110 Å². The summed E-state index contributed by atoms with van der Waals surface area (Å²) in [6.07, 6.45) is 5.80. The molecular weight excluding hydrogens is 783 g/mol. The van der Waals surface area contributed by atoms with Gasteiger partial charge >= 0.3 is 12.1 Å². The van der Waals surface area contributed by atoms with Gasteiger partial charge in [-0.1, -0.05) is 91.0 Å². The van der Waals surface area contributed by atoms with Crippen molar-refractivity contribution in [1.82, 2.24) is 15.1 Å². The van der Waals surface area contributed by atoms with Gasteiger partial charge in [0.1, 0.15) is 18.4 Å². The summed E-state index contributed by atoms with van der Waals surface area (Å²) in [6, 6.07) is 30.7. The fraction of sp³-hybridized carbons (Fsp3) is 0.392. The number of hydrogen-bond acceptors (Lipinski definition) is 8. The number of alkyl carbamates (subject to hydrolysis) is 1. The van der Waals surface area contributed by atoms with Crippen LogP contribution in [0.5, 0.6) is 5.75 Å². The topological polar surface area (TPSA) is 132 Å². The number of ketones is 1. The summed E-state index contributed by atoms with van der Waals surface area (Å²) in [7, 11) is 2.90. The summed E-state index contributed by atoms with van der Waals surface area (Å²) >= 11 is 0. The van der Waals surface area contributed by atoms with Gasteiger partial charge in [-0.15, -0.1) is 6.58 Å². The van der Waals surface area contributed by atoms with Crippen LogP contribution in [0.25, 0.3) is 11.1 Å². The smallest absolute Gasteiger partial charge is 0.407 e. The lowest BCUT2D eigenvalue weighted by atomic mass is 9.88. The highest BCUT2D eigenvalue weighted by Gasteiger charge is 2.46. The van der Waals surface area contributed by atoms with Gasteiger partial charge in [0.15, 0.2) is 5.78 Å². The maximum absolute atomic E-state index is 14.5. The highest BCUT2D eigenvalue weighted by atomic mass is 16.5. The summed E-state index contributed by atoms with van der Waals surface area (Å²) < 4.78 is 15.9. The number of benzene rings is 4. The Labute approximate surface area is 365 Å². The molecule has 0 saturated carbocycles. The maximum Gasteiger partial charge on any atom is 0.407 e. The highest BCUT2D eigenvalue weighted by Crippen LogP contribution is 2.44. The number of esters is 1. The number of rotatable bonds is 21. The van der Waals surface area contributed by atoms with Crippen LogP contribution in [-0.2, 0) is 48.0 Å². The number of carbonyl (C=O) groups excluding carboxylic acids is 5. The van der Waals surface area contributed by atoms with Gasteiger partial charge in [-0.3, -0.25) is 19.2 Å². The maximum atomic E-state index is 14.5. The predicted molar refractivity (Wildman–Crippen MR) is 239 cm³/mol. The second-order valence-corrected chi connectivity index (χ2v) is 16.4. The molecule has 1 fully saturated rings. The van der Waals surface area contributed by atoms with Crippen LogP contribution in [0, 0.1) is 0 Å². The zero-order valence-corrected chi connectivity index (χ0v) is 36.2. The van der Waals surface area contributed by atoms with Crippen LogP contribution in [0.4, 0.5) is 4.79 Å². The number of Topliss-reactive ketones (excluding diaryl/α,β-unsaturated/α-hetero) is 1. The first-order valence-electron chi connectivity index (χ1n) is 21.7. The summed E-state index contributed by atoms with van der Waals surface area (Å²) in [5.74, 6) is -0.298. The zero-order valence-electron chi connectivity index (χ0n) is 36.2. The minimum Gasteiger partial charge on any atom is -0.497 e. The molecule has 0 radical (unpaired) electrons. The number of fused-ring (bicyclic) bond motifs is 3. The van der Waals surface area contributed by atoms with Crippen molar-refractivity contribution in [2.75, 3.05) is 33.9 Å². The number of allylic oxidation sites excluding steroid dienone is 1. The van der Waals surface area contributed by atoms with E-state index in [9.17, 15) is 24.0 Å². The first-order valence-corrected chi connectivity index (χ1v) is 21.7. The lowest BCUT2D eigenvalue weighted by Gasteiger charge is -2.36. The van der Waals surface area contributed by atoms with Gasteiger partial charge in [0.2, 0.25) is 11.8 Å². The third-order valence-electron chi connectivity index (χ3n) is 12.3. The Kier molecular flexibility index (Phi) is 15.7. The number of likely N-dealkylation sites (tertiary alicyclic amines) is 1. The third-order valence-corrected chi connectivity index (χ3v) is 12.3. The van der Waals surface area contributed by atoms with Crippen molar-refractivity contribution in [3.05, 3.63) is 138 Å². The summed E-state index contributed by atoms with van der Waals surface area (Å²) in [5.41, 5.74) is 6.28. The van der Waals surface area contributed by atoms with E-state index in [1.165, 1.54) is 7.11 Å². The molecular formula is C51H59N3O8. The molecule has 1 saturated heterocycles. The summed E-state index contributed by atoms with van der Waals surface area (Å²) in [4.78, 5) is 70.3. The van der Waals surface area contributed by atoms with Gasteiger partial charge in [-0.05, 0) is 96.5 Å². The van der Waals surface area contributed by atoms with Crippen LogP contribution in [0.3, 0.4) is 0 Å². The van der Waals surface area contributed by atoms with Gasteiger partial charge in [-0.25, -0.2) is 4.79 Å². The molecule has 0 unspecified atom stereocenters. The van der Waals surface area contributed by atoms with Crippen molar-refractivity contribution in [2.24, 2.45) is 0 Å². The highest BCUT2D eigenvalue weighted by molar-refractivity contribution is 5.95. The van der Waals surface area contributed by atoms with Crippen molar-refractivity contribution in [3.8, 4) is 16.9 Å². The van der Waals surface area contributed by atoms with Gasteiger partial charge in [0, 0.05) is 44.8 Å². The van der Waals surface area contributed by atoms with E-state index in [1.807, 2.05) is 85.8 Å². The molecule has 3 amide bonds. The lowest BCUT2D eigenvalue weighted by molar-refractivity contribution is -0.144. The number of nitrogens with one attached hydrogen (secondary N) is 1. The normalized spacial score (nSPS) is 15.8. The molecule has 2 atom stereocenters. The number of methoxy groups -OCH3 is 2. The molecule has 1 heterocycles. The Bertz CT molecular complexity index is 2160. The van der Waals surface area contributed by atoms with E-state index < -0.39 is 23.6 Å².